The molecule has 0 spiro atoms. The number of benzene rings is 1. The maximum atomic E-state index is 12.1. The van der Waals surface area contributed by atoms with Crippen LogP contribution in [0.15, 0.2) is 24.3 Å². The minimum Gasteiger partial charge on any atom is -0.497 e. The topological polar surface area (TPSA) is 84.9 Å². The normalized spacial score (nSPS) is 17.2. The zero-order chi connectivity index (χ0) is 16.2. The van der Waals surface area contributed by atoms with Crippen molar-refractivity contribution in [2.45, 2.75) is 44.4 Å². The van der Waals surface area contributed by atoms with Crippen LogP contribution in [0.2, 0.25) is 0 Å². The number of amides is 1. The van der Waals surface area contributed by atoms with Crippen molar-refractivity contribution in [3.05, 3.63) is 29.8 Å². The van der Waals surface area contributed by atoms with Crippen molar-refractivity contribution >= 4 is 11.9 Å². The lowest BCUT2D eigenvalue weighted by molar-refractivity contribution is -0.154. The lowest BCUT2D eigenvalue weighted by Crippen LogP contribution is -2.60. The molecule has 1 atom stereocenters. The molecule has 120 valence electrons. The van der Waals surface area contributed by atoms with E-state index in [2.05, 4.69) is 5.32 Å². The van der Waals surface area contributed by atoms with Crippen molar-refractivity contribution in [1.82, 2.24) is 5.32 Å². The summed E-state index contributed by atoms with van der Waals surface area (Å²) in [7, 11) is 1.58. The molecule has 2 N–H and O–H groups in total. The van der Waals surface area contributed by atoms with E-state index in [1.807, 2.05) is 24.3 Å². The van der Waals surface area contributed by atoms with Crippen LogP contribution in [-0.4, -0.2) is 35.7 Å². The molecule has 1 amide bonds. The summed E-state index contributed by atoms with van der Waals surface area (Å²) in [5, 5.41) is 11.8. The average Bonchev–Trinajstić information content (AvgIpc) is 2.48. The fourth-order valence-corrected chi connectivity index (χ4v) is 2.32. The lowest BCUT2D eigenvalue weighted by atomic mass is 9.76. The first-order chi connectivity index (χ1) is 10.5. The Balaban J connectivity index is 1.87. The lowest BCUT2D eigenvalue weighted by Gasteiger charge is -2.38. The van der Waals surface area contributed by atoms with E-state index < -0.39 is 23.5 Å². The van der Waals surface area contributed by atoms with E-state index in [1.54, 1.807) is 14.0 Å². The first-order valence-electron chi connectivity index (χ1n) is 7.27. The van der Waals surface area contributed by atoms with Gasteiger partial charge < -0.3 is 19.9 Å². The highest BCUT2D eigenvalue weighted by Crippen LogP contribution is 2.32. The highest BCUT2D eigenvalue weighted by atomic mass is 16.5. The van der Waals surface area contributed by atoms with E-state index in [9.17, 15) is 14.7 Å². The second-order valence-electron chi connectivity index (χ2n) is 5.53. The molecule has 1 aromatic rings. The number of nitrogens with one attached hydrogen (secondary N) is 1. The first-order valence-corrected chi connectivity index (χ1v) is 7.27. The van der Waals surface area contributed by atoms with Crippen LogP contribution in [-0.2, 0) is 20.9 Å². The van der Waals surface area contributed by atoms with Gasteiger partial charge in [-0.1, -0.05) is 12.1 Å². The number of methoxy groups -OCH3 is 1. The Kier molecular flexibility index (Phi) is 5.03. The Morgan fingerprint density at radius 1 is 1.41 bits per heavy atom. The van der Waals surface area contributed by atoms with E-state index in [0.29, 0.717) is 12.8 Å². The molecule has 1 unspecified atom stereocenters. The van der Waals surface area contributed by atoms with Gasteiger partial charge in [-0.15, -0.1) is 0 Å². The van der Waals surface area contributed by atoms with Crippen molar-refractivity contribution in [3.63, 3.8) is 0 Å². The van der Waals surface area contributed by atoms with E-state index in [0.717, 1.165) is 17.7 Å². The summed E-state index contributed by atoms with van der Waals surface area (Å²) in [5.41, 5.74) is -0.222. The van der Waals surface area contributed by atoms with Gasteiger partial charge in [-0.05, 0) is 43.9 Å². The summed E-state index contributed by atoms with van der Waals surface area (Å²) in [6.45, 7) is 1.87. The molecular formula is C16H21NO5. The molecule has 1 aromatic carbocycles. The molecule has 0 radical (unpaired) electrons. The van der Waals surface area contributed by atoms with Gasteiger partial charge in [-0.2, -0.15) is 0 Å². The second-order valence-corrected chi connectivity index (χ2v) is 5.53. The van der Waals surface area contributed by atoms with Crippen molar-refractivity contribution in [2.75, 3.05) is 7.11 Å². The highest BCUT2D eigenvalue weighted by molar-refractivity contribution is 5.89. The molecule has 22 heavy (non-hydrogen) atoms. The minimum atomic E-state index is -1.11. The standard InChI is InChI=1S/C16H21NO5/c1-11(14(18)17-16(15(19)20)7-4-8-16)22-10-12-5-3-6-13(9-12)21-2/h3,5-6,9,11H,4,7-8,10H2,1-2H3,(H,17,18)(H,19,20). The third-order valence-electron chi connectivity index (χ3n) is 3.98. The zero-order valence-corrected chi connectivity index (χ0v) is 12.8. The molecule has 0 heterocycles. The molecule has 1 aliphatic rings. The van der Waals surface area contributed by atoms with Gasteiger partial charge in [0.05, 0.1) is 13.7 Å². The smallest absolute Gasteiger partial charge is 0.329 e. The Hall–Kier alpha value is -2.08. The largest absolute Gasteiger partial charge is 0.497 e. The van der Waals surface area contributed by atoms with Gasteiger partial charge in [0, 0.05) is 0 Å². The fraction of sp³-hybridized carbons (Fsp3) is 0.500. The molecule has 6 nitrogen and oxygen atoms in total. The van der Waals surface area contributed by atoms with Crippen LogP contribution < -0.4 is 10.1 Å². The number of hydrogen-bond acceptors (Lipinski definition) is 4. The number of aliphatic carboxylic acids is 1. The Bertz CT molecular complexity index is 553. The van der Waals surface area contributed by atoms with Gasteiger partial charge in [0.25, 0.3) is 0 Å². The fourth-order valence-electron chi connectivity index (χ4n) is 2.32. The number of hydrogen-bond donors (Lipinski definition) is 2. The van der Waals surface area contributed by atoms with Crippen molar-refractivity contribution in [1.29, 1.82) is 0 Å². The third-order valence-corrected chi connectivity index (χ3v) is 3.98. The van der Waals surface area contributed by atoms with E-state index in [4.69, 9.17) is 9.47 Å². The minimum absolute atomic E-state index is 0.256. The van der Waals surface area contributed by atoms with E-state index >= 15 is 0 Å². The summed E-state index contributed by atoms with van der Waals surface area (Å²) < 4.78 is 10.6. The van der Waals surface area contributed by atoms with Gasteiger partial charge in [-0.25, -0.2) is 4.79 Å². The summed E-state index contributed by atoms with van der Waals surface area (Å²) >= 11 is 0. The van der Waals surface area contributed by atoms with Gasteiger partial charge in [0.15, 0.2) is 0 Å². The van der Waals surface area contributed by atoms with E-state index in [1.165, 1.54) is 0 Å². The van der Waals surface area contributed by atoms with Gasteiger partial charge in [0.1, 0.15) is 17.4 Å². The molecule has 0 bridgehead atoms. The van der Waals surface area contributed by atoms with E-state index in [-0.39, 0.29) is 6.61 Å². The number of ether oxygens (including phenoxy) is 2. The monoisotopic (exact) mass is 307 g/mol. The van der Waals surface area contributed by atoms with Gasteiger partial charge >= 0.3 is 5.97 Å². The number of carboxylic acids is 1. The molecule has 1 aliphatic carbocycles. The quantitative estimate of drug-likeness (QED) is 0.801. The average molecular weight is 307 g/mol. The highest BCUT2D eigenvalue weighted by Gasteiger charge is 2.46. The maximum absolute atomic E-state index is 12.1. The SMILES string of the molecule is COc1cccc(COC(C)C(=O)NC2(C(=O)O)CCC2)c1. The van der Waals surface area contributed by atoms with Crippen molar-refractivity contribution in [3.8, 4) is 5.75 Å². The Labute approximate surface area is 129 Å². The van der Waals surface area contributed by atoms with Crippen LogP contribution in [0.3, 0.4) is 0 Å². The summed E-state index contributed by atoms with van der Waals surface area (Å²) in [6.07, 6.45) is 1.03. The van der Waals surface area contributed by atoms with Gasteiger partial charge in [-0.3, -0.25) is 4.79 Å². The zero-order valence-electron chi connectivity index (χ0n) is 12.8. The predicted octanol–water partition coefficient (Wildman–Crippen LogP) is 1.72. The molecular weight excluding hydrogens is 286 g/mol. The number of rotatable bonds is 7. The maximum Gasteiger partial charge on any atom is 0.329 e. The predicted molar refractivity (Wildman–Crippen MR) is 79.6 cm³/mol. The van der Waals surface area contributed by atoms with Crippen LogP contribution in [0.1, 0.15) is 31.7 Å². The van der Waals surface area contributed by atoms with Crippen molar-refractivity contribution < 1.29 is 24.2 Å². The van der Waals surface area contributed by atoms with Crippen LogP contribution in [0.25, 0.3) is 0 Å². The Morgan fingerprint density at radius 2 is 2.14 bits per heavy atom. The van der Waals surface area contributed by atoms with Crippen LogP contribution in [0, 0.1) is 0 Å². The second kappa shape index (κ2) is 6.79. The first kappa shape index (κ1) is 16.3. The van der Waals surface area contributed by atoms with Gasteiger partial charge in [0.2, 0.25) is 5.91 Å². The number of carbonyl (C=O) groups excluding carboxylic acids is 1. The number of carbonyl (C=O) groups is 2. The van der Waals surface area contributed by atoms with Crippen LogP contribution >= 0.6 is 0 Å². The molecule has 0 saturated heterocycles. The Morgan fingerprint density at radius 3 is 2.68 bits per heavy atom. The van der Waals surface area contributed by atoms with Crippen molar-refractivity contribution in [2.24, 2.45) is 0 Å². The summed E-state index contributed by atoms with van der Waals surface area (Å²) in [4.78, 5) is 23.3. The molecule has 0 aliphatic heterocycles. The molecule has 2 rings (SSSR count). The molecule has 1 fully saturated rings. The molecule has 0 aromatic heterocycles. The third kappa shape index (κ3) is 3.57. The summed E-state index contributed by atoms with van der Waals surface area (Å²) in [5.74, 6) is -0.658. The molecule has 6 heteroatoms. The van der Waals surface area contributed by atoms with Crippen LogP contribution in [0.4, 0.5) is 0 Å². The summed E-state index contributed by atoms with van der Waals surface area (Å²) in [6, 6.07) is 7.37. The molecule has 1 saturated carbocycles. The van der Waals surface area contributed by atoms with Crippen LogP contribution in [0.5, 0.6) is 5.75 Å². The number of carboxylic acid groups (broad SMARTS) is 1.